The fourth-order valence-electron chi connectivity index (χ4n) is 3.01. The summed E-state index contributed by atoms with van der Waals surface area (Å²) in [6.45, 7) is 0.557. The minimum atomic E-state index is -0.958. The van der Waals surface area contributed by atoms with Gasteiger partial charge in [0.05, 0.1) is 13.0 Å². The standard InChI is InChI=1S/C20H20FNO5/c1-26-18-8-13(10-22-11-15(20(24)25)9-19(22)23)6-7-17(18)27-12-14-4-2-3-5-16(14)21/h2-8,15H,9-12H2,1H3,(H,24,25). The molecule has 6 nitrogen and oxygen atoms in total. The predicted octanol–water partition coefficient (Wildman–Crippen LogP) is 2.85. The molecule has 1 saturated heterocycles. The van der Waals surface area contributed by atoms with Gasteiger partial charge in [-0.25, -0.2) is 4.39 Å². The van der Waals surface area contributed by atoms with Crippen molar-refractivity contribution in [3.05, 3.63) is 59.4 Å². The van der Waals surface area contributed by atoms with E-state index in [1.54, 1.807) is 36.4 Å². The van der Waals surface area contributed by atoms with Crippen molar-refractivity contribution in [2.75, 3.05) is 13.7 Å². The highest BCUT2D eigenvalue weighted by atomic mass is 19.1. The summed E-state index contributed by atoms with van der Waals surface area (Å²) in [4.78, 5) is 24.6. The van der Waals surface area contributed by atoms with E-state index >= 15 is 0 Å². The van der Waals surface area contributed by atoms with Crippen LogP contribution in [0.5, 0.6) is 11.5 Å². The van der Waals surface area contributed by atoms with Crippen LogP contribution in [0.15, 0.2) is 42.5 Å². The third-order valence-corrected chi connectivity index (χ3v) is 4.51. The van der Waals surface area contributed by atoms with Crippen LogP contribution in [0.1, 0.15) is 17.5 Å². The third kappa shape index (κ3) is 4.36. The highest BCUT2D eigenvalue weighted by molar-refractivity contribution is 5.86. The number of nitrogens with zero attached hydrogens (tertiary/aromatic N) is 1. The number of carbonyl (C=O) groups is 2. The van der Waals surface area contributed by atoms with Crippen molar-refractivity contribution in [2.24, 2.45) is 5.92 Å². The van der Waals surface area contributed by atoms with Gasteiger partial charge in [0.1, 0.15) is 12.4 Å². The Bertz CT molecular complexity index is 854. The molecule has 0 aliphatic carbocycles. The van der Waals surface area contributed by atoms with Crippen molar-refractivity contribution in [3.8, 4) is 11.5 Å². The molecule has 1 heterocycles. The summed E-state index contributed by atoms with van der Waals surface area (Å²) in [5.41, 5.74) is 1.23. The molecule has 1 unspecified atom stereocenters. The Morgan fingerprint density at radius 2 is 2.04 bits per heavy atom. The number of likely N-dealkylation sites (tertiary alicyclic amines) is 1. The molecule has 1 aliphatic heterocycles. The van der Waals surface area contributed by atoms with Crippen LogP contribution in [0, 0.1) is 11.7 Å². The number of methoxy groups -OCH3 is 1. The normalized spacial score (nSPS) is 16.4. The summed E-state index contributed by atoms with van der Waals surface area (Å²) in [6.07, 6.45) is 0.0241. The fourth-order valence-corrected chi connectivity index (χ4v) is 3.01. The van der Waals surface area contributed by atoms with E-state index in [1.165, 1.54) is 18.1 Å². The first kappa shape index (κ1) is 18.7. The number of ether oxygens (including phenoxy) is 2. The molecule has 0 radical (unpaired) electrons. The van der Waals surface area contributed by atoms with Crippen molar-refractivity contribution in [1.82, 2.24) is 4.90 Å². The Hall–Kier alpha value is -3.09. The van der Waals surface area contributed by atoms with Gasteiger partial charge in [-0.1, -0.05) is 24.3 Å². The van der Waals surface area contributed by atoms with Gasteiger partial charge in [-0.05, 0) is 23.8 Å². The molecule has 1 amide bonds. The maximum absolute atomic E-state index is 13.7. The van der Waals surface area contributed by atoms with Crippen LogP contribution in [0.3, 0.4) is 0 Å². The van der Waals surface area contributed by atoms with Crippen molar-refractivity contribution >= 4 is 11.9 Å². The zero-order valence-electron chi connectivity index (χ0n) is 14.9. The first-order valence-corrected chi connectivity index (χ1v) is 8.51. The number of carboxylic acid groups (broad SMARTS) is 1. The van der Waals surface area contributed by atoms with Gasteiger partial charge in [0, 0.05) is 25.1 Å². The van der Waals surface area contributed by atoms with E-state index in [-0.39, 0.29) is 31.3 Å². The lowest BCUT2D eigenvalue weighted by Gasteiger charge is -2.18. The average molecular weight is 373 g/mol. The summed E-state index contributed by atoms with van der Waals surface area (Å²) >= 11 is 0. The monoisotopic (exact) mass is 373 g/mol. The maximum Gasteiger partial charge on any atom is 0.308 e. The first-order valence-electron chi connectivity index (χ1n) is 8.51. The van der Waals surface area contributed by atoms with Crippen LogP contribution < -0.4 is 9.47 Å². The summed E-state index contributed by atoms with van der Waals surface area (Å²) < 4.78 is 24.7. The van der Waals surface area contributed by atoms with Crippen LogP contribution in [0.4, 0.5) is 4.39 Å². The molecule has 1 aliphatic rings. The van der Waals surface area contributed by atoms with E-state index in [0.29, 0.717) is 23.6 Å². The third-order valence-electron chi connectivity index (χ3n) is 4.51. The van der Waals surface area contributed by atoms with E-state index in [9.17, 15) is 14.0 Å². The summed E-state index contributed by atoms with van der Waals surface area (Å²) in [5, 5.41) is 9.06. The molecule has 0 bridgehead atoms. The molecule has 7 heteroatoms. The number of carbonyl (C=O) groups excluding carboxylic acids is 1. The van der Waals surface area contributed by atoms with E-state index < -0.39 is 11.9 Å². The van der Waals surface area contributed by atoms with Gasteiger partial charge in [0.25, 0.3) is 0 Å². The molecule has 1 N–H and O–H groups in total. The number of amides is 1. The van der Waals surface area contributed by atoms with Crippen molar-refractivity contribution < 1.29 is 28.6 Å². The number of carboxylic acids is 1. The van der Waals surface area contributed by atoms with Crippen molar-refractivity contribution in [3.63, 3.8) is 0 Å². The van der Waals surface area contributed by atoms with Crippen LogP contribution in [-0.4, -0.2) is 35.5 Å². The molecular formula is C20H20FNO5. The van der Waals surface area contributed by atoms with Gasteiger partial charge >= 0.3 is 5.97 Å². The summed E-state index contributed by atoms with van der Waals surface area (Å²) in [6, 6.07) is 11.6. The average Bonchev–Trinajstić information content (AvgIpc) is 3.02. The lowest BCUT2D eigenvalue weighted by Crippen LogP contribution is -2.25. The largest absolute Gasteiger partial charge is 0.493 e. The van der Waals surface area contributed by atoms with Gasteiger partial charge < -0.3 is 19.5 Å². The molecule has 27 heavy (non-hydrogen) atoms. The highest BCUT2D eigenvalue weighted by Crippen LogP contribution is 2.30. The van der Waals surface area contributed by atoms with Gasteiger partial charge in [-0.2, -0.15) is 0 Å². The Morgan fingerprint density at radius 1 is 1.26 bits per heavy atom. The Kier molecular flexibility index (Phi) is 5.59. The van der Waals surface area contributed by atoms with Gasteiger partial charge in [-0.3, -0.25) is 9.59 Å². The summed E-state index contributed by atoms with van der Waals surface area (Å²) in [5.74, 6) is -1.22. The van der Waals surface area contributed by atoms with Crippen LogP contribution in [0.25, 0.3) is 0 Å². The first-order chi connectivity index (χ1) is 13.0. The minimum absolute atomic E-state index is 0.0241. The highest BCUT2D eigenvalue weighted by Gasteiger charge is 2.34. The number of hydrogen-bond donors (Lipinski definition) is 1. The molecule has 1 fully saturated rings. The van der Waals surface area contributed by atoms with Crippen molar-refractivity contribution in [2.45, 2.75) is 19.6 Å². The molecule has 2 aromatic carbocycles. The van der Waals surface area contributed by atoms with E-state index in [1.807, 2.05) is 0 Å². The summed E-state index contributed by atoms with van der Waals surface area (Å²) in [7, 11) is 1.50. The van der Waals surface area contributed by atoms with Gasteiger partial charge in [0.2, 0.25) is 5.91 Å². The van der Waals surface area contributed by atoms with Gasteiger partial charge in [0.15, 0.2) is 11.5 Å². The second-order valence-corrected chi connectivity index (χ2v) is 6.38. The number of benzene rings is 2. The number of hydrogen-bond acceptors (Lipinski definition) is 4. The van der Waals surface area contributed by atoms with Gasteiger partial charge in [-0.15, -0.1) is 0 Å². The molecule has 0 spiro atoms. The topological polar surface area (TPSA) is 76.1 Å². The quantitative estimate of drug-likeness (QED) is 0.808. The van der Waals surface area contributed by atoms with Crippen LogP contribution >= 0.6 is 0 Å². The molecular weight excluding hydrogens is 353 g/mol. The zero-order valence-corrected chi connectivity index (χ0v) is 14.9. The van der Waals surface area contributed by atoms with Crippen LogP contribution in [0.2, 0.25) is 0 Å². The molecule has 142 valence electrons. The Balaban J connectivity index is 1.68. The lowest BCUT2D eigenvalue weighted by atomic mass is 10.1. The minimum Gasteiger partial charge on any atom is -0.493 e. The zero-order chi connectivity index (χ0) is 19.4. The van der Waals surface area contributed by atoms with Crippen molar-refractivity contribution in [1.29, 1.82) is 0 Å². The molecule has 0 aromatic heterocycles. The lowest BCUT2D eigenvalue weighted by molar-refractivity contribution is -0.141. The molecule has 1 atom stereocenters. The molecule has 3 rings (SSSR count). The number of aliphatic carboxylic acids is 1. The Morgan fingerprint density at radius 3 is 2.70 bits per heavy atom. The Labute approximate surface area is 156 Å². The predicted molar refractivity (Wildman–Crippen MR) is 94.9 cm³/mol. The smallest absolute Gasteiger partial charge is 0.308 e. The van der Waals surface area contributed by atoms with E-state index in [2.05, 4.69) is 0 Å². The fraction of sp³-hybridized carbons (Fsp3) is 0.300. The maximum atomic E-state index is 13.7. The molecule has 0 saturated carbocycles. The SMILES string of the molecule is COc1cc(CN2CC(C(=O)O)CC2=O)ccc1OCc1ccccc1F. The number of halogens is 1. The second-order valence-electron chi connectivity index (χ2n) is 6.38. The molecule has 2 aromatic rings. The second kappa shape index (κ2) is 8.07. The van der Waals surface area contributed by atoms with E-state index in [0.717, 1.165) is 5.56 Å². The van der Waals surface area contributed by atoms with Crippen LogP contribution in [-0.2, 0) is 22.7 Å². The number of rotatable bonds is 7. The van der Waals surface area contributed by atoms with E-state index in [4.69, 9.17) is 14.6 Å².